The Morgan fingerprint density at radius 2 is 1.58 bits per heavy atom. The molecule has 0 bridgehead atoms. The Hall–Kier alpha value is -2.93. The van der Waals surface area contributed by atoms with E-state index in [1.807, 2.05) is 18.3 Å². The summed E-state index contributed by atoms with van der Waals surface area (Å²) >= 11 is 0. The van der Waals surface area contributed by atoms with Crippen LogP contribution in [0.4, 0.5) is 4.79 Å². The zero-order valence-corrected chi connectivity index (χ0v) is 13.7. The van der Waals surface area contributed by atoms with Gasteiger partial charge >= 0.3 is 6.03 Å². The van der Waals surface area contributed by atoms with E-state index in [4.69, 9.17) is 0 Å². The van der Waals surface area contributed by atoms with Crippen molar-refractivity contribution in [3.63, 3.8) is 0 Å². The Bertz CT molecular complexity index is 857. The molecule has 2 aromatic carbocycles. The average molecular weight is 344 g/mol. The van der Waals surface area contributed by atoms with E-state index in [9.17, 15) is 18.0 Å². The third-order valence-electron chi connectivity index (χ3n) is 3.02. The van der Waals surface area contributed by atoms with Gasteiger partial charge in [-0.3, -0.25) is 10.1 Å². The van der Waals surface area contributed by atoms with Crippen LogP contribution in [0.3, 0.4) is 0 Å². The van der Waals surface area contributed by atoms with Gasteiger partial charge in [0.05, 0.1) is 4.90 Å². The molecule has 7 heteroatoms. The van der Waals surface area contributed by atoms with E-state index < -0.39 is 22.0 Å². The number of sulfonamides is 1. The summed E-state index contributed by atoms with van der Waals surface area (Å²) in [4.78, 5) is 23.2. The van der Waals surface area contributed by atoms with Gasteiger partial charge in [-0.25, -0.2) is 17.9 Å². The summed E-state index contributed by atoms with van der Waals surface area (Å²) in [5.41, 5.74) is 1.67. The number of hydrogen-bond acceptors (Lipinski definition) is 4. The Morgan fingerprint density at radius 3 is 2.21 bits per heavy atom. The number of amides is 3. The van der Waals surface area contributed by atoms with Crippen LogP contribution in [0, 0.1) is 6.92 Å². The predicted molar refractivity (Wildman–Crippen MR) is 90.5 cm³/mol. The molecule has 0 atom stereocenters. The molecule has 0 radical (unpaired) electrons. The van der Waals surface area contributed by atoms with E-state index in [0.717, 1.165) is 17.2 Å². The number of aryl methyl sites for hydroxylation is 1. The van der Waals surface area contributed by atoms with Crippen molar-refractivity contribution >= 4 is 28.0 Å². The van der Waals surface area contributed by atoms with Crippen molar-refractivity contribution < 1.29 is 18.0 Å². The maximum Gasteiger partial charge on any atom is 0.335 e. The molecule has 0 aliphatic heterocycles. The topological polar surface area (TPSA) is 92.3 Å². The number of carbonyl (C=O) groups is 2. The van der Waals surface area contributed by atoms with E-state index in [2.05, 4.69) is 0 Å². The number of benzene rings is 2. The van der Waals surface area contributed by atoms with E-state index in [-0.39, 0.29) is 4.90 Å². The van der Waals surface area contributed by atoms with E-state index >= 15 is 0 Å². The van der Waals surface area contributed by atoms with Gasteiger partial charge < -0.3 is 0 Å². The molecule has 6 nitrogen and oxygen atoms in total. The Morgan fingerprint density at radius 1 is 0.958 bits per heavy atom. The van der Waals surface area contributed by atoms with Gasteiger partial charge in [0.1, 0.15) is 0 Å². The van der Waals surface area contributed by atoms with E-state index in [0.29, 0.717) is 0 Å². The molecule has 0 spiro atoms. The van der Waals surface area contributed by atoms with Crippen molar-refractivity contribution in [3.05, 3.63) is 71.8 Å². The Balaban J connectivity index is 1.96. The number of urea groups is 1. The second-order valence-electron chi connectivity index (χ2n) is 4.98. The zero-order valence-electron chi connectivity index (χ0n) is 12.9. The highest BCUT2D eigenvalue weighted by molar-refractivity contribution is 7.90. The van der Waals surface area contributed by atoms with Crippen LogP contribution in [0.1, 0.15) is 11.1 Å². The van der Waals surface area contributed by atoms with Crippen molar-refractivity contribution in [2.75, 3.05) is 0 Å². The molecule has 2 N–H and O–H groups in total. The second kappa shape index (κ2) is 7.56. The smallest absolute Gasteiger partial charge is 0.274 e. The van der Waals surface area contributed by atoms with Crippen LogP contribution in [-0.2, 0) is 14.8 Å². The summed E-state index contributed by atoms with van der Waals surface area (Å²) in [5, 5.41) is 1.93. The minimum Gasteiger partial charge on any atom is -0.274 e. The maximum atomic E-state index is 12.0. The lowest BCUT2D eigenvalue weighted by molar-refractivity contribution is -0.115. The molecule has 24 heavy (non-hydrogen) atoms. The lowest BCUT2D eigenvalue weighted by Gasteiger charge is -2.07. The molecule has 0 aliphatic carbocycles. The van der Waals surface area contributed by atoms with Crippen molar-refractivity contribution in [3.8, 4) is 0 Å². The summed E-state index contributed by atoms with van der Waals surface area (Å²) in [6.07, 6.45) is 2.66. The van der Waals surface area contributed by atoms with Crippen LogP contribution >= 0.6 is 0 Å². The first kappa shape index (κ1) is 17.4. The second-order valence-corrected chi connectivity index (χ2v) is 6.66. The normalized spacial score (nSPS) is 11.2. The summed E-state index contributed by atoms with van der Waals surface area (Å²) in [6.45, 7) is 1.81. The van der Waals surface area contributed by atoms with Crippen molar-refractivity contribution in [2.24, 2.45) is 0 Å². The molecule has 0 aromatic heterocycles. The lowest BCUT2D eigenvalue weighted by Crippen LogP contribution is -2.41. The minimum atomic E-state index is -4.03. The number of imide groups is 1. The molecule has 0 fully saturated rings. The molecule has 0 aliphatic rings. The zero-order chi connectivity index (χ0) is 17.6. The van der Waals surface area contributed by atoms with Gasteiger partial charge in [0.25, 0.3) is 15.9 Å². The van der Waals surface area contributed by atoms with Crippen LogP contribution in [0.15, 0.2) is 65.6 Å². The highest BCUT2D eigenvalue weighted by atomic mass is 32.2. The molecule has 2 aromatic rings. The fourth-order valence-corrected chi connectivity index (χ4v) is 2.72. The molecule has 0 saturated heterocycles. The molecular formula is C17H16N2O4S. The molecule has 3 amide bonds. The largest absolute Gasteiger partial charge is 0.335 e. The fraction of sp³-hybridized carbons (Fsp3) is 0.0588. The molecule has 0 saturated carbocycles. The van der Waals surface area contributed by atoms with Crippen LogP contribution in [0.25, 0.3) is 6.08 Å². The molecule has 0 heterocycles. The number of carbonyl (C=O) groups excluding carboxylic acids is 2. The van der Waals surface area contributed by atoms with Crippen molar-refractivity contribution in [2.45, 2.75) is 11.8 Å². The Labute approximate surface area is 140 Å². The van der Waals surface area contributed by atoms with Gasteiger partial charge in [-0.1, -0.05) is 48.0 Å². The first-order valence-electron chi connectivity index (χ1n) is 7.04. The first-order chi connectivity index (χ1) is 11.4. The SMILES string of the molecule is Cc1ccc(S(=O)(=O)NC(=O)NC(=O)C=Cc2ccccc2)cc1. The third-order valence-corrected chi connectivity index (χ3v) is 4.37. The third kappa shape index (κ3) is 5.06. The highest BCUT2D eigenvalue weighted by Crippen LogP contribution is 2.09. The standard InChI is InChI=1S/C17H16N2O4S/c1-13-7-10-15(11-8-13)24(22,23)19-17(21)18-16(20)12-9-14-5-3-2-4-6-14/h2-12H,1H3,(H2,18,19,20,21). The molecule has 2 rings (SSSR count). The number of hydrogen-bond donors (Lipinski definition) is 2. The van der Waals surface area contributed by atoms with Gasteiger partial charge in [-0.2, -0.15) is 0 Å². The predicted octanol–water partition coefficient (Wildman–Crippen LogP) is 2.22. The van der Waals surface area contributed by atoms with Crippen molar-refractivity contribution in [1.82, 2.24) is 10.0 Å². The number of rotatable bonds is 4. The molecule has 0 unspecified atom stereocenters. The van der Waals surface area contributed by atoms with Gasteiger partial charge in [0.15, 0.2) is 0 Å². The fourth-order valence-electron chi connectivity index (χ4n) is 1.81. The number of nitrogens with one attached hydrogen (secondary N) is 2. The average Bonchev–Trinajstić information content (AvgIpc) is 2.53. The Kier molecular flexibility index (Phi) is 5.49. The molecule has 124 valence electrons. The van der Waals surface area contributed by atoms with E-state index in [1.54, 1.807) is 41.1 Å². The lowest BCUT2D eigenvalue weighted by atomic mass is 10.2. The van der Waals surface area contributed by atoms with Crippen LogP contribution in [0.2, 0.25) is 0 Å². The summed E-state index contributed by atoms with van der Waals surface area (Å²) < 4.78 is 25.8. The van der Waals surface area contributed by atoms with Gasteiger partial charge in [-0.15, -0.1) is 0 Å². The quantitative estimate of drug-likeness (QED) is 0.832. The minimum absolute atomic E-state index is 0.0597. The van der Waals surface area contributed by atoms with Gasteiger partial charge in [0.2, 0.25) is 0 Å². The molecular weight excluding hydrogens is 328 g/mol. The monoisotopic (exact) mass is 344 g/mol. The summed E-state index contributed by atoms with van der Waals surface area (Å²) in [7, 11) is -4.03. The van der Waals surface area contributed by atoms with Crippen LogP contribution in [-0.4, -0.2) is 20.4 Å². The summed E-state index contributed by atoms with van der Waals surface area (Å²) in [6, 6.07) is 13.9. The van der Waals surface area contributed by atoms with Gasteiger partial charge in [0, 0.05) is 6.08 Å². The highest BCUT2D eigenvalue weighted by Gasteiger charge is 2.18. The van der Waals surface area contributed by atoms with Crippen molar-refractivity contribution in [1.29, 1.82) is 0 Å². The van der Waals surface area contributed by atoms with Gasteiger partial charge in [-0.05, 0) is 30.7 Å². The summed E-state index contributed by atoms with van der Waals surface area (Å²) in [5.74, 6) is -0.726. The van der Waals surface area contributed by atoms with E-state index in [1.165, 1.54) is 18.2 Å². The van der Waals surface area contributed by atoms with Crippen LogP contribution in [0.5, 0.6) is 0 Å². The maximum absolute atomic E-state index is 12.0. The van der Waals surface area contributed by atoms with Crippen LogP contribution < -0.4 is 10.0 Å². The first-order valence-corrected chi connectivity index (χ1v) is 8.53.